The van der Waals surface area contributed by atoms with Crippen LogP contribution < -0.4 is 21.3 Å². The topological polar surface area (TPSA) is 86.1 Å². The molecular weight excluding hydrogens is 887 g/mol. The average Bonchev–Trinajstić information content (AvgIpc) is 4.07. The van der Waals surface area contributed by atoms with Crippen LogP contribution in [0.15, 0.2) is 208 Å². The van der Waals surface area contributed by atoms with Crippen molar-refractivity contribution in [1.29, 1.82) is 10.5 Å². The molecule has 2 aliphatic rings. The maximum Gasteiger partial charge on any atom is 0.194 e. The minimum Gasteiger partial charge on any atom is -0.289 e. The van der Waals surface area contributed by atoms with Gasteiger partial charge < -0.3 is 0 Å². The van der Waals surface area contributed by atoms with Crippen LogP contribution >= 0.6 is 15.9 Å². The van der Waals surface area contributed by atoms with E-state index in [0.717, 1.165) is 47.9 Å². The van der Waals surface area contributed by atoms with E-state index in [4.69, 9.17) is 11.8 Å². The summed E-state index contributed by atoms with van der Waals surface area (Å²) in [5, 5.41) is 29.1. The van der Waals surface area contributed by atoms with Gasteiger partial charge in [0, 0.05) is 26.0 Å². The summed E-state index contributed by atoms with van der Waals surface area (Å²) in [6.07, 6.45) is 0. The molecule has 67 heavy (non-hydrogen) atoms. The van der Waals surface area contributed by atoms with Crippen molar-refractivity contribution in [3.63, 3.8) is 0 Å². The van der Waals surface area contributed by atoms with Gasteiger partial charge in [-0.25, -0.2) is 4.85 Å². The van der Waals surface area contributed by atoms with Gasteiger partial charge in [-0.1, -0.05) is 149 Å². The zero-order chi connectivity index (χ0) is 45.8. The molecule has 0 fully saturated rings. The molecule has 0 saturated heterocycles. The zero-order valence-electron chi connectivity index (χ0n) is 35.5. The van der Waals surface area contributed by atoms with Gasteiger partial charge >= 0.3 is 0 Å². The van der Waals surface area contributed by atoms with E-state index in [2.05, 4.69) is 112 Å². The molecule has 13 rings (SSSR count). The summed E-state index contributed by atoms with van der Waals surface area (Å²) >= 11 is 3.27. The van der Waals surface area contributed by atoms with Crippen LogP contribution in [-0.4, -0.2) is 0 Å². The second-order valence-electron chi connectivity index (χ2n) is 16.4. The summed E-state index contributed by atoms with van der Waals surface area (Å²) in [4.78, 5) is 28.7. The van der Waals surface area contributed by atoms with Crippen LogP contribution in [0.2, 0.25) is 0 Å². The van der Waals surface area contributed by atoms with E-state index in [-0.39, 0.29) is 10.9 Å². The smallest absolute Gasteiger partial charge is 0.194 e. The number of hydrogen-bond donors (Lipinski definition) is 0. The maximum atomic E-state index is 12.6. The van der Waals surface area contributed by atoms with E-state index in [0.29, 0.717) is 27.6 Å². The van der Waals surface area contributed by atoms with Crippen molar-refractivity contribution < 1.29 is 0 Å². The fourth-order valence-corrected chi connectivity index (χ4v) is 9.99. The molecule has 0 bridgehead atoms. The molecule has 11 aromatic rings. The third-order valence-corrected chi connectivity index (χ3v) is 13.3. The highest BCUT2D eigenvalue weighted by molar-refractivity contribution is 9.10. The van der Waals surface area contributed by atoms with Gasteiger partial charge in [0.05, 0.1) is 29.8 Å². The lowest BCUT2D eigenvalue weighted by Gasteiger charge is -2.09. The molecule has 310 valence electrons. The zero-order valence-corrected chi connectivity index (χ0v) is 37.1. The third kappa shape index (κ3) is 6.82. The molecule has 0 aromatic heterocycles. The molecule has 0 N–H and O–H groups in total. The molecular formula is C61H32BrN3O2. The second-order valence-corrected chi connectivity index (χ2v) is 17.4. The number of rotatable bonds is 2. The monoisotopic (exact) mass is 917 g/mol. The molecule has 0 unspecified atom stereocenters. The highest BCUT2D eigenvalue weighted by Crippen LogP contribution is 2.38. The minimum atomic E-state index is 0.0113. The van der Waals surface area contributed by atoms with E-state index >= 15 is 0 Å². The first kappa shape index (κ1) is 40.8. The van der Waals surface area contributed by atoms with Gasteiger partial charge in [-0.2, -0.15) is 10.5 Å². The molecule has 2 aliphatic carbocycles. The number of benzene rings is 9. The molecule has 0 aliphatic heterocycles. The lowest BCUT2D eigenvalue weighted by atomic mass is 9.94. The van der Waals surface area contributed by atoms with Crippen LogP contribution in [0.25, 0.3) is 70.2 Å². The highest BCUT2D eigenvalue weighted by Gasteiger charge is 2.24. The number of nitrogens with zero attached hydrogens (tertiary/aromatic N) is 3. The molecule has 0 spiro atoms. The Morgan fingerprint density at radius 3 is 1.40 bits per heavy atom. The van der Waals surface area contributed by atoms with E-state index < -0.39 is 0 Å². The quantitative estimate of drug-likeness (QED) is 0.162. The first-order valence-electron chi connectivity index (χ1n) is 21.6. The summed E-state index contributed by atoms with van der Waals surface area (Å²) in [6.45, 7) is 7.33. The Kier molecular flexibility index (Phi) is 10.1. The predicted octanol–water partition coefficient (Wildman–Crippen LogP) is 12.4. The number of fused-ring (bicyclic) bond motifs is 11. The molecule has 5 nitrogen and oxygen atoms in total. The Balaban J connectivity index is 0.000000134. The Labute approximate surface area is 392 Å². The van der Waals surface area contributed by atoms with Crippen LogP contribution in [0.3, 0.4) is 0 Å². The Hall–Kier alpha value is -8.99. The highest BCUT2D eigenvalue weighted by atomic mass is 79.9. The summed E-state index contributed by atoms with van der Waals surface area (Å²) in [7, 11) is 0. The normalized spacial score (nSPS) is 11.7. The van der Waals surface area contributed by atoms with Crippen LogP contribution in [0, 0.1) is 39.7 Å². The number of hydrogen-bond acceptors (Lipinski definition) is 4. The fourth-order valence-electron chi connectivity index (χ4n) is 9.72. The second kappa shape index (κ2) is 16.5. The van der Waals surface area contributed by atoms with Crippen molar-refractivity contribution >= 4 is 75.9 Å². The van der Waals surface area contributed by atoms with Gasteiger partial charge in [0.25, 0.3) is 0 Å². The van der Waals surface area contributed by atoms with E-state index in [1.54, 1.807) is 18.2 Å². The molecule has 6 heteroatoms. The van der Waals surface area contributed by atoms with Gasteiger partial charge in [-0.05, 0) is 148 Å². The Bertz CT molecular complexity index is 4240. The Morgan fingerprint density at radius 2 is 0.836 bits per heavy atom. The lowest BCUT2D eigenvalue weighted by Crippen LogP contribution is -2.09. The van der Waals surface area contributed by atoms with Crippen molar-refractivity contribution in [3.05, 3.63) is 285 Å². The van der Waals surface area contributed by atoms with Crippen molar-refractivity contribution in [2.24, 2.45) is 0 Å². The molecule has 0 radical (unpaired) electrons. The molecule has 0 heterocycles. The van der Waals surface area contributed by atoms with Gasteiger partial charge in [-0.3, -0.25) is 9.59 Å². The lowest BCUT2D eigenvalue weighted by molar-refractivity contribution is 1.45. The van der Waals surface area contributed by atoms with Crippen LogP contribution in [0.1, 0.15) is 33.4 Å². The summed E-state index contributed by atoms with van der Waals surface area (Å²) in [5.74, 6) is 0. The van der Waals surface area contributed by atoms with Gasteiger partial charge in [0.1, 0.15) is 0 Å². The fraction of sp³-hybridized carbons (Fsp3) is 0. The molecule has 11 aromatic carbocycles. The molecule has 0 saturated carbocycles. The molecule has 0 amide bonds. The van der Waals surface area contributed by atoms with Gasteiger partial charge in [-0.15, -0.1) is 0 Å². The Morgan fingerprint density at radius 1 is 0.388 bits per heavy atom. The van der Waals surface area contributed by atoms with E-state index in [1.807, 2.05) is 97.1 Å². The maximum absolute atomic E-state index is 12.6. The average molecular weight is 919 g/mol. The standard InChI is InChI=1S/C34H18N2.C20H10O2.C7H4BrN/c1-36-24-16-14-23(15-17-24)34-28-9-5-3-7-26(28)30-18-29-25-6-2-4-8-27(25)33(31(29)19-32(30)34)22-12-10-21(20-35)11-13-22;21-19-13-7-3-1-5-11(13)15-9-16-12-6-2-4-8-14(12)20(22)18(16)10-17(15)19;8-7-3-1-6(5-9)2-4-7/h2-19H;1-10H;1-4H. The van der Waals surface area contributed by atoms with Crippen molar-refractivity contribution in [3.8, 4) is 23.3 Å². The SMILES string of the molecule is N#Cc1ccc(Br)cc1.O=c1c2ccccc2c2cc3c(cc12)c(=O)c1ccccc13.[C-]#[N+]c1ccc(C2=c3cc4c(cc3-c3ccccc32)=c2ccccc2=C4c2ccc(C#N)cc2)cc1. The van der Waals surface area contributed by atoms with Crippen LogP contribution in [0.5, 0.6) is 0 Å². The van der Waals surface area contributed by atoms with E-state index in [9.17, 15) is 14.9 Å². The van der Waals surface area contributed by atoms with Crippen molar-refractivity contribution in [2.45, 2.75) is 0 Å². The minimum absolute atomic E-state index is 0.0113. The first-order valence-corrected chi connectivity index (χ1v) is 22.4. The number of nitriles is 2. The first-order chi connectivity index (χ1) is 32.8. The molecule has 0 atom stereocenters. The van der Waals surface area contributed by atoms with Crippen LogP contribution in [-0.2, 0) is 0 Å². The van der Waals surface area contributed by atoms with Crippen LogP contribution in [0.4, 0.5) is 5.69 Å². The largest absolute Gasteiger partial charge is 0.289 e. The van der Waals surface area contributed by atoms with Crippen molar-refractivity contribution in [2.75, 3.05) is 0 Å². The predicted molar refractivity (Wildman–Crippen MR) is 273 cm³/mol. The summed E-state index contributed by atoms with van der Waals surface area (Å²) in [6, 6.07) is 68.2. The summed E-state index contributed by atoms with van der Waals surface area (Å²) in [5.41, 5.74) is 11.6. The van der Waals surface area contributed by atoms with Gasteiger partial charge in [0.2, 0.25) is 0 Å². The van der Waals surface area contributed by atoms with Gasteiger partial charge in [0.15, 0.2) is 16.5 Å². The van der Waals surface area contributed by atoms with Crippen molar-refractivity contribution in [1.82, 2.24) is 0 Å². The summed E-state index contributed by atoms with van der Waals surface area (Å²) < 4.78 is 1.00. The third-order valence-electron chi connectivity index (χ3n) is 12.8. The number of halogens is 1. The van der Waals surface area contributed by atoms with E-state index in [1.165, 1.54) is 54.3 Å².